The largest absolute Gasteiger partial charge is 0.479 e. The van der Waals surface area contributed by atoms with Gasteiger partial charge in [0.1, 0.15) is 0 Å². The van der Waals surface area contributed by atoms with Gasteiger partial charge in [0.15, 0.2) is 5.76 Å². The van der Waals surface area contributed by atoms with Crippen molar-refractivity contribution in [2.45, 2.75) is 32.7 Å². The number of rotatable bonds is 9. The van der Waals surface area contributed by atoms with Crippen molar-refractivity contribution < 1.29 is 33.5 Å². The van der Waals surface area contributed by atoms with Crippen LogP contribution in [-0.2, 0) is 25.5 Å². The van der Waals surface area contributed by atoms with E-state index >= 15 is 0 Å². The molecule has 27 heavy (non-hydrogen) atoms. The lowest BCUT2D eigenvalue weighted by atomic mass is 9.90. The average molecular weight is 396 g/mol. The van der Waals surface area contributed by atoms with E-state index in [-0.39, 0.29) is 30.4 Å². The van der Waals surface area contributed by atoms with E-state index in [1.165, 1.54) is 11.3 Å². The van der Waals surface area contributed by atoms with Crippen LogP contribution in [0.25, 0.3) is 10.6 Å². The predicted octanol–water partition coefficient (Wildman–Crippen LogP) is 1.87. The number of carboxylic acids is 1. The van der Waals surface area contributed by atoms with Gasteiger partial charge in [-0.1, -0.05) is 6.07 Å². The van der Waals surface area contributed by atoms with E-state index in [9.17, 15) is 19.5 Å². The molecule has 0 aromatic carbocycles. The van der Waals surface area contributed by atoms with Crippen LogP contribution in [0.4, 0.5) is 0 Å². The number of nitrogens with one attached hydrogen (secondary N) is 1. The number of thiophene rings is 1. The molecule has 1 amide bonds. The predicted molar refractivity (Wildman–Crippen MR) is 95.5 cm³/mol. The minimum Gasteiger partial charge on any atom is -0.479 e. The van der Waals surface area contributed by atoms with Crippen LogP contribution in [-0.4, -0.2) is 46.9 Å². The van der Waals surface area contributed by atoms with Gasteiger partial charge in [-0.3, -0.25) is 4.79 Å². The SMILES string of the molecule is CCOC(=O)C(Cc1c(OCC)noc1-c1cccs1)(NC(C)=O)C(=O)O. The van der Waals surface area contributed by atoms with E-state index in [4.69, 9.17) is 14.0 Å². The van der Waals surface area contributed by atoms with Crippen LogP contribution < -0.4 is 10.1 Å². The first kappa shape index (κ1) is 20.4. The van der Waals surface area contributed by atoms with Crippen LogP contribution in [0.1, 0.15) is 26.3 Å². The van der Waals surface area contributed by atoms with Crippen molar-refractivity contribution in [1.29, 1.82) is 0 Å². The molecule has 1 unspecified atom stereocenters. The van der Waals surface area contributed by atoms with Crippen LogP contribution in [0.2, 0.25) is 0 Å². The van der Waals surface area contributed by atoms with Gasteiger partial charge < -0.3 is 24.4 Å². The summed E-state index contributed by atoms with van der Waals surface area (Å²) in [6.45, 7) is 4.59. The van der Waals surface area contributed by atoms with E-state index in [1.54, 1.807) is 26.0 Å². The van der Waals surface area contributed by atoms with Crippen molar-refractivity contribution in [1.82, 2.24) is 10.5 Å². The zero-order valence-electron chi connectivity index (χ0n) is 15.1. The molecule has 1 atom stereocenters. The van der Waals surface area contributed by atoms with Crippen LogP contribution in [0.3, 0.4) is 0 Å². The molecule has 10 heteroatoms. The molecule has 2 heterocycles. The van der Waals surface area contributed by atoms with Gasteiger partial charge in [-0.25, -0.2) is 9.59 Å². The molecule has 2 rings (SSSR count). The minimum atomic E-state index is -2.34. The Labute approximate surface area is 159 Å². The van der Waals surface area contributed by atoms with Gasteiger partial charge in [-0.2, -0.15) is 0 Å². The fraction of sp³-hybridized carbons (Fsp3) is 0.412. The molecule has 2 aromatic heterocycles. The maximum atomic E-state index is 12.5. The number of aromatic nitrogens is 1. The molecule has 0 aliphatic carbocycles. The molecule has 0 bridgehead atoms. The molecule has 0 saturated carbocycles. The number of nitrogens with zero attached hydrogens (tertiary/aromatic N) is 1. The second-order valence-electron chi connectivity index (χ2n) is 5.49. The first-order valence-corrected chi connectivity index (χ1v) is 9.08. The standard InChI is InChI=1S/C17H20N2O7S/c1-4-24-14-11(13(26-19-14)12-7-6-8-27-12)9-17(15(21)22,18-10(3)20)16(23)25-5-2/h6-8H,4-5,9H2,1-3H3,(H,18,20)(H,21,22). The van der Waals surface area contributed by atoms with E-state index in [1.807, 2.05) is 5.38 Å². The van der Waals surface area contributed by atoms with Gasteiger partial charge in [0.2, 0.25) is 11.4 Å². The summed E-state index contributed by atoms with van der Waals surface area (Å²) < 4.78 is 15.7. The highest BCUT2D eigenvalue weighted by atomic mass is 32.1. The Hall–Kier alpha value is -2.88. The third kappa shape index (κ3) is 4.27. The number of ether oxygens (including phenoxy) is 2. The fourth-order valence-corrected chi connectivity index (χ4v) is 3.23. The van der Waals surface area contributed by atoms with Gasteiger partial charge in [-0.05, 0) is 30.5 Å². The molecular weight excluding hydrogens is 376 g/mol. The second kappa shape index (κ2) is 8.67. The zero-order valence-corrected chi connectivity index (χ0v) is 15.9. The molecule has 2 N–H and O–H groups in total. The van der Waals surface area contributed by atoms with Crippen LogP contribution in [0.5, 0.6) is 5.88 Å². The average Bonchev–Trinajstić information content (AvgIpc) is 3.24. The van der Waals surface area contributed by atoms with Crippen molar-refractivity contribution in [3.05, 3.63) is 23.1 Å². The number of carboxylic acid groups (broad SMARTS) is 1. The molecule has 0 aliphatic rings. The van der Waals surface area contributed by atoms with Gasteiger partial charge in [0, 0.05) is 13.3 Å². The van der Waals surface area contributed by atoms with Crippen LogP contribution in [0.15, 0.2) is 22.0 Å². The maximum Gasteiger partial charge on any atom is 0.344 e. The van der Waals surface area contributed by atoms with Gasteiger partial charge in [0.25, 0.3) is 5.88 Å². The Morgan fingerprint density at radius 1 is 1.33 bits per heavy atom. The quantitative estimate of drug-likeness (QED) is 0.486. The minimum absolute atomic E-state index is 0.0484. The van der Waals surface area contributed by atoms with Gasteiger partial charge in [0.05, 0.1) is 23.7 Å². The van der Waals surface area contributed by atoms with Crippen molar-refractivity contribution in [3.63, 3.8) is 0 Å². The maximum absolute atomic E-state index is 12.5. The molecule has 0 spiro atoms. The number of hydrogen-bond acceptors (Lipinski definition) is 8. The molecular formula is C17H20N2O7S. The van der Waals surface area contributed by atoms with Crippen molar-refractivity contribution >= 4 is 29.2 Å². The lowest BCUT2D eigenvalue weighted by molar-refractivity contribution is -0.164. The normalized spacial score (nSPS) is 12.9. The smallest absolute Gasteiger partial charge is 0.344 e. The summed E-state index contributed by atoms with van der Waals surface area (Å²) in [5.74, 6) is -3.02. The Bertz CT molecular complexity index is 815. The van der Waals surface area contributed by atoms with Crippen LogP contribution >= 0.6 is 11.3 Å². The monoisotopic (exact) mass is 396 g/mol. The molecule has 9 nitrogen and oxygen atoms in total. The summed E-state index contributed by atoms with van der Waals surface area (Å²) in [5, 5.41) is 17.7. The summed E-state index contributed by atoms with van der Waals surface area (Å²) in [6, 6.07) is 3.55. The third-order valence-corrected chi connectivity index (χ3v) is 4.47. The molecule has 146 valence electrons. The lowest BCUT2D eigenvalue weighted by Gasteiger charge is -2.27. The second-order valence-corrected chi connectivity index (χ2v) is 6.44. The van der Waals surface area contributed by atoms with Crippen molar-refractivity contribution in [2.24, 2.45) is 0 Å². The third-order valence-electron chi connectivity index (χ3n) is 3.60. The topological polar surface area (TPSA) is 128 Å². The Balaban J connectivity index is 2.59. The van der Waals surface area contributed by atoms with E-state index in [2.05, 4.69) is 10.5 Å². The Kier molecular flexibility index (Phi) is 6.56. The first-order valence-electron chi connectivity index (χ1n) is 8.20. The molecule has 2 aromatic rings. The molecule has 0 aliphatic heterocycles. The Morgan fingerprint density at radius 2 is 2.07 bits per heavy atom. The summed E-state index contributed by atoms with van der Waals surface area (Å²) in [7, 11) is 0. The van der Waals surface area contributed by atoms with E-state index in [0.29, 0.717) is 4.88 Å². The molecule has 0 radical (unpaired) electrons. The number of amides is 1. The van der Waals surface area contributed by atoms with Crippen molar-refractivity contribution in [3.8, 4) is 16.5 Å². The summed E-state index contributed by atoms with van der Waals surface area (Å²) in [4.78, 5) is 36.9. The highest BCUT2D eigenvalue weighted by Crippen LogP contribution is 2.36. The molecule has 0 fully saturated rings. The molecule has 0 saturated heterocycles. The van der Waals surface area contributed by atoms with E-state index < -0.39 is 29.8 Å². The summed E-state index contributed by atoms with van der Waals surface area (Å²) >= 11 is 1.35. The highest BCUT2D eigenvalue weighted by Gasteiger charge is 2.50. The number of carbonyl (C=O) groups excluding carboxylic acids is 2. The fourth-order valence-electron chi connectivity index (χ4n) is 2.51. The summed E-state index contributed by atoms with van der Waals surface area (Å²) in [5.41, 5.74) is -2.09. The van der Waals surface area contributed by atoms with Crippen LogP contribution in [0, 0.1) is 0 Å². The number of hydrogen-bond donors (Lipinski definition) is 2. The van der Waals surface area contributed by atoms with Gasteiger partial charge >= 0.3 is 11.9 Å². The van der Waals surface area contributed by atoms with Gasteiger partial charge in [-0.15, -0.1) is 11.3 Å². The number of carbonyl (C=O) groups is 3. The van der Waals surface area contributed by atoms with E-state index in [0.717, 1.165) is 6.92 Å². The zero-order chi connectivity index (χ0) is 20.0. The Morgan fingerprint density at radius 3 is 2.59 bits per heavy atom. The first-order chi connectivity index (χ1) is 12.9. The van der Waals surface area contributed by atoms with Crippen molar-refractivity contribution in [2.75, 3.05) is 13.2 Å². The highest BCUT2D eigenvalue weighted by molar-refractivity contribution is 7.13. The summed E-state index contributed by atoms with van der Waals surface area (Å²) in [6.07, 6.45) is -0.452. The number of esters is 1. The number of aliphatic carboxylic acids is 1. The lowest BCUT2D eigenvalue weighted by Crippen LogP contribution is -2.62.